The quantitative estimate of drug-likeness (QED) is 0.914. The van der Waals surface area contributed by atoms with Crippen LogP contribution < -0.4 is 5.32 Å². The fourth-order valence-corrected chi connectivity index (χ4v) is 3.44. The van der Waals surface area contributed by atoms with Gasteiger partial charge in [-0.15, -0.1) is 11.3 Å². The molecule has 2 rings (SSSR count). The molecule has 104 valence electrons. The highest BCUT2D eigenvalue weighted by atomic mass is 32.1. The monoisotopic (exact) mass is 278 g/mol. The summed E-state index contributed by atoms with van der Waals surface area (Å²) in [5, 5.41) is 9.12. The van der Waals surface area contributed by atoms with Gasteiger partial charge in [0.05, 0.1) is 17.4 Å². The molecule has 0 aliphatic carbocycles. The average molecular weight is 278 g/mol. The molecule has 0 saturated heterocycles. The van der Waals surface area contributed by atoms with Gasteiger partial charge in [0.2, 0.25) is 0 Å². The third-order valence-corrected chi connectivity index (χ3v) is 4.34. The Labute approximate surface area is 118 Å². The summed E-state index contributed by atoms with van der Waals surface area (Å²) in [4.78, 5) is 6.11. The van der Waals surface area contributed by atoms with E-state index in [-0.39, 0.29) is 6.04 Å². The van der Waals surface area contributed by atoms with E-state index < -0.39 is 0 Å². The van der Waals surface area contributed by atoms with Gasteiger partial charge in [0.1, 0.15) is 5.01 Å². The maximum Gasteiger partial charge on any atom is 0.115 e. The summed E-state index contributed by atoms with van der Waals surface area (Å²) in [5.74, 6) is 0. The maximum absolute atomic E-state index is 4.79. The largest absolute Gasteiger partial charge is 0.304 e. The maximum atomic E-state index is 4.79. The van der Waals surface area contributed by atoms with Crippen LogP contribution in [0.5, 0.6) is 0 Å². The highest BCUT2D eigenvalue weighted by Gasteiger charge is 2.21. The zero-order valence-electron chi connectivity index (χ0n) is 12.3. The highest BCUT2D eigenvalue weighted by Crippen LogP contribution is 2.29. The summed E-state index contributed by atoms with van der Waals surface area (Å²) < 4.78 is 1.87. The molecule has 1 unspecified atom stereocenters. The number of thiazole rings is 1. The molecule has 4 nitrogen and oxygen atoms in total. The van der Waals surface area contributed by atoms with Crippen molar-refractivity contribution >= 4 is 11.3 Å². The Bertz CT molecular complexity index is 556. The molecular weight excluding hydrogens is 256 g/mol. The van der Waals surface area contributed by atoms with Crippen molar-refractivity contribution in [3.63, 3.8) is 0 Å². The number of nitrogens with zero attached hydrogens (tertiary/aromatic N) is 3. The molecule has 19 heavy (non-hydrogen) atoms. The van der Waals surface area contributed by atoms with Gasteiger partial charge < -0.3 is 5.32 Å². The van der Waals surface area contributed by atoms with Gasteiger partial charge in [0.25, 0.3) is 0 Å². The molecule has 0 fully saturated rings. The minimum atomic E-state index is 0.155. The predicted octanol–water partition coefficient (Wildman–Crippen LogP) is 2.75. The van der Waals surface area contributed by atoms with Crippen molar-refractivity contribution in [1.82, 2.24) is 20.1 Å². The molecule has 0 spiro atoms. The van der Waals surface area contributed by atoms with Gasteiger partial charge in [-0.3, -0.25) is 4.68 Å². The summed E-state index contributed by atoms with van der Waals surface area (Å²) in [6, 6.07) is 0.155. The first kappa shape index (κ1) is 14.2. The van der Waals surface area contributed by atoms with Crippen LogP contribution in [0.25, 0.3) is 0 Å². The molecule has 5 heteroatoms. The Morgan fingerprint density at radius 1 is 1.37 bits per heavy atom. The molecule has 2 aromatic rings. The summed E-state index contributed by atoms with van der Waals surface area (Å²) in [7, 11) is 1.96. The smallest absolute Gasteiger partial charge is 0.115 e. The van der Waals surface area contributed by atoms with E-state index in [4.69, 9.17) is 4.98 Å². The lowest BCUT2D eigenvalue weighted by Gasteiger charge is -2.14. The van der Waals surface area contributed by atoms with Crippen LogP contribution in [0.3, 0.4) is 0 Å². The summed E-state index contributed by atoms with van der Waals surface area (Å²) in [5.41, 5.74) is 3.50. The first-order valence-corrected chi connectivity index (χ1v) is 7.58. The summed E-state index contributed by atoms with van der Waals surface area (Å²) in [6.07, 6.45) is 3.08. The number of aryl methyl sites for hydroxylation is 4. The molecule has 0 aliphatic heterocycles. The average Bonchev–Trinajstić information content (AvgIpc) is 2.89. The van der Waals surface area contributed by atoms with Gasteiger partial charge >= 0.3 is 0 Å². The molecule has 0 saturated carbocycles. The van der Waals surface area contributed by atoms with Gasteiger partial charge in [0.15, 0.2) is 0 Å². The molecule has 1 N–H and O–H groups in total. The van der Waals surface area contributed by atoms with Gasteiger partial charge in [-0.1, -0.05) is 13.8 Å². The summed E-state index contributed by atoms with van der Waals surface area (Å²) >= 11 is 1.79. The molecule has 2 heterocycles. The Kier molecular flexibility index (Phi) is 4.37. The van der Waals surface area contributed by atoms with Crippen LogP contribution in [-0.2, 0) is 13.5 Å². The number of nitrogens with one attached hydrogen (secondary N) is 1. The van der Waals surface area contributed by atoms with Crippen molar-refractivity contribution in [1.29, 1.82) is 0 Å². The SMILES string of the molecule is CCNC(c1nc(CC)c(C)s1)c1cn(C)nc1C. The molecule has 0 bridgehead atoms. The molecule has 1 atom stereocenters. The van der Waals surface area contributed by atoms with E-state index >= 15 is 0 Å². The van der Waals surface area contributed by atoms with Crippen LogP contribution in [0.15, 0.2) is 6.20 Å². The van der Waals surface area contributed by atoms with Crippen molar-refractivity contribution in [3.8, 4) is 0 Å². The molecule has 0 radical (unpaired) electrons. The van der Waals surface area contributed by atoms with E-state index in [1.807, 2.05) is 11.7 Å². The Morgan fingerprint density at radius 2 is 2.11 bits per heavy atom. The van der Waals surface area contributed by atoms with E-state index in [0.717, 1.165) is 23.7 Å². The lowest BCUT2D eigenvalue weighted by Crippen LogP contribution is -2.22. The van der Waals surface area contributed by atoms with E-state index in [1.54, 1.807) is 11.3 Å². The second-order valence-corrected chi connectivity index (χ2v) is 5.98. The molecule has 0 amide bonds. The Hall–Kier alpha value is -1.20. The van der Waals surface area contributed by atoms with Crippen LogP contribution in [0.2, 0.25) is 0 Å². The number of rotatable bonds is 5. The minimum absolute atomic E-state index is 0.155. The van der Waals surface area contributed by atoms with Gasteiger partial charge in [-0.05, 0) is 26.8 Å². The zero-order valence-corrected chi connectivity index (χ0v) is 13.1. The van der Waals surface area contributed by atoms with E-state index in [9.17, 15) is 0 Å². The summed E-state index contributed by atoms with van der Waals surface area (Å²) in [6.45, 7) is 9.41. The molecule has 2 aromatic heterocycles. The minimum Gasteiger partial charge on any atom is -0.304 e. The Morgan fingerprint density at radius 3 is 2.58 bits per heavy atom. The fourth-order valence-electron chi connectivity index (χ4n) is 2.34. The van der Waals surface area contributed by atoms with Crippen molar-refractivity contribution in [2.24, 2.45) is 7.05 Å². The van der Waals surface area contributed by atoms with Gasteiger partial charge in [-0.2, -0.15) is 5.10 Å². The highest BCUT2D eigenvalue weighted by molar-refractivity contribution is 7.11. The lowest BCUT2D eigenvalue weighted by atomic mass is 10.1. The first-order chi connectivity index (χ1) is 9.06. The lowest BCUT2D eigenvalue weighted by molar-refractivity contribution is 0.622. The number of aromatic nitrogens is 3. The normalized spacial score (nSPS) is 12.9. The fraction of sp³-hybridized carbons (Fsp3) is 0.571. The number of hydrogen-bond acceptors (Lipinski definition) is 4. The zero-order chi connectivity index (χ0) is 14.0. The van der Waals surface area contributed by atoms with Crippen LogP contribution in [0.1, 0.15) is 46.7 Å². The standard InChI is InChI=1S/C14H22N4S/c1-6-12-10(4)19-14(16-12)13(15-7-2)11-8-18(5)17-9(11)3/h8,13,15H,6-7H2,1-5H3. The van der Waals surface area contributed by atoms with Crippen molar-refractivity contribution in [2.75, 3.05) is 6.54 Å². The van der Waals surface area contributed by atoms with Crippen molar-refractivity contribution in [2.45, 2.75) is 40.2 Å². The molecule has 0 aliphatic rings. The van der Waals surface area contributed by atoms with Crippen LogP contribution >= 0.6 is 11.3 Å². The van der Waals surface area contributed by atoms with E-state index in [0.29, 0.717) is 0 Å². The van der Waals surface area contributed by atoms with E-state index in [2.05, 4.69) is 44.3 Å². The van der Waals surface area contributed by atoms with Crippen LogP contribution in [0.4, 0.5) is 0 Å². The second kappa shape index (κ2) is 5.84. The molecular formula is C14H22N4S. The Balaban J connectivity index is 2.41. The second-order valence-electron chi connectivity index (χ2n) is 4.74. The van der Waals surface area contributed by atoms with Crippen molar-refractivity contribution < 1.29 is 0 Å². The first-order valence-electron chi connectivity index (χ1n) is 6.76. The predicted molar refractivity (Wildman–Crippen MR) is 79.7 cm³/mol. The van der Waals surface area contributed by atoms with Crippen LogP contribution in [-0.4, -0.2) is 21.3 Å². The van der Waals surface area contributed by atoms with Gasteiger partial charge in [0, 0.05) is 23.7 Å². The van der Waals surface area contributed by atoms with Crippen molar-refractivity contribution in [3.05, 3.63) is 33.0 Å². The third kappa shape index (κ3) is 2.87. The van der Waals surface area contributed by atoms with Gasteiger partial charge in [-0.25, -0.2) is 4.98 Å². The topological polar surface area (TPSA) is 42.7 Å². The van der Waals surface area contributed by atoms with Crippen LogP contribution in [0, 0.1) is 13.8 Å². The molecule has 0 aromatic carbocycles. The number of hydrogen-bond donors (Lipinski definition) is 1. The third-order valence-electron chi connectivity index (χ3n) is 3.26. The van der Waals surface area contributed by atoms with E-state index in [1.165, 1.54) is 16.1 Å².